The van der Waals surface area contributed by atoms with Crippen LogP contribution in [0.5, 0.6) is 0 Å². The summed E-state index contributed by atoms with van der Waals surface area (Å²) >= 11 is 7.71. The van der Waals surface area contributed by atoms with Gasteiger partial charge in [0.25, 0.3) is 0 Å². The highest BCUT2D eigenvalue weighted by atomic mass is 35.5. The first-order valence-corrected chi connectivity index (χ1v) is 6.89. The van der Waals surface area contributed by atoms with E-state index in [1.165, 1.54) is 0 Å². The first kappa shape index (κ1) is 11.8. The molecular formula is C12H14ClNOS. The summed E-state index contributed by atoms with van der Waals surface area (Å²) in [6.07, 6.45) is 1.36. The minimum atomic E-state index is 0.255. The zero-order valence-corrected chi connectivity index (χ0v) is 10.6. The van der Waals surface area contributed by atoms with Crippen LogP contribution in [0.2, 0.25) is 5.02 Å². The summed E-state index contributed by atoms with van der Waals surface area (Å²) in [6.45, 7) is 0.902. The van der Waals surface area contributed by atoms with E-state index in [4.69, 9.17) is 11.6 Å². The minimum absolute atomic E-state index is 0.255. The molecule has 1 saturated heterocycles. The predicted octanol–water partition coefficient (Wildman–Crippen LogP) is 2.81. The van der Waals surface area contributed by atoms with Crippen molar-refractivity contribution in [1.82, 2.24) is 4.90 Å². The Balaban J connectivity index is 1.84. The molecule has 0 bridgehead atoms. The highest BCUT2D eigenvalue weighted by molar-refractivity contribution is 7.99. The van der Waals surface area contributed by atoms with Crippen LogP contribution < -0.4 is 0 Å². The number of benzene rings is 1. The zero-order valence-electron chi connectivity index (χ0n) is 8.99. The van der Waals surface area contributed by atoms with Gasteiger partial charge in [0.15, 0.2) is 0 Å². The summed E-state index contributed by atoms with van der Waals surface area (Å²) in [5, 5.41) is 0.738. The van der Waals surface area contributed by atoms with Crippen LogP contribution in [0.4, 0.5) is 0 Å². The molecule has 1 fully saturated rings. The van der Waals surface area contributed by atoms with Gasteiger partial charge in [-0.3, -0.25) is 4.79 Å². The molecule has 0 spiro atoms. The first-order valence-electron chi connectivity index (χ1n) is 5.35. The summed E-state index contributed by atoms with van der Waals surface area (Å²) in [4.78, 5) is 13.7. The van der Waals surface area contributed by atoms with Crippen molar-refractivity contribution in [1.29, 1.82) is 0 Å². The van der Waals surface area contributed by atoms with Gasteiger partial charge in [-0.25, -0.2) is 0 Å². The van der Waals surface area contributed by atoms with E-state index in [1.54, 1.807) is 0 Å². The molecule has 0 aromatic heterocycles. The summed E-state index contributed by atoms with van der Waals surface area (Å²) < 4.78 is 0. The molecule has 0 aliphatic carbocycles. The summed E-state index contributed by atoms with van der Waals surface area (Å²) in [7, 11) is 0. The van der Waals surface area contributed by atoms with E-state index in [0.717, 1.165) is 35.2 Å². The Morgan fingerprint density at radius 2 is 2.38 bits per heavy atom. The van der Waals surface area contributed by atoms with Gasteiger partial charge in [-0.15, -0.1) is 11.8 Å². The number of aryl methyl sites for hydroxylation is 1. The Bertz CT molecular complexity index is 377. The highest BCUT2D eigenvalue weighted by Crippen LogP contribution is 2.16. The lowest BCUT2D eigenvalue weighted by Gasteiger charge is -2.13. The van der Waals surface area contributed by atoms with Crippen molar-refractivity contribution in [2.24, 2.45) is 0 Å². The molecule has 2 rings (SSSR count). The standard InChI is InChI=1S/C12H14ClNOS/c13-11-3-1-2-10(8-11)4-5-12(15)14-6-7-16-9-14/h1-3,8H,4-7,9H2. The number of rotatable bonds is 3. The minimum Gasteiger partial charge on any atom is -0.333 e. The maximum atomic E-state index is 11.8. The van der Waals surface area contributed by atoms with Gasteiger partial charge < -0.3 is 4.90 Å². The maximum absolute atomic E-state index is 11.8. The van der Waals surface area contributed by atoms with Crippen molar-refractivity contribution in [3.8, 4) is 0 Å². The average molecular weight is 256 g/mol. The second kappa shape index (κ2) is 5.60. The average Bonchev–Trinajstić information content (AvgIpc) is 2.79. The molecule has 0 atom stereocenters. The molecule has 2 nitrogen and oxygen atoms in total. The van der Waals surface area contributed by atoms with Crippen LogP contribution in [0, 0.1) is 0 Å². The third-order valence-corrected chi connectivity index (χ3v) is 3.82. The molecule has 1 aliphatic rings. The first-order chi connectivity index (χ1) is 7.75. The molecule has 0 N–H and O–H groups in total. The van der Waals surface area contributed by atoms with Gasteiger partial charge in [-0.2, -0.15) is 0 Å². The fourth-order valence-corrected chi connectivity index (χ4v) is 2.90. The Hall–Kier alpha value is -0.670. The van der Waals surface area contributed by atoms with Gasteiger partial charge in [-0.1, -0.05) is 23.7 Å². The normalized spacial score (nSPS) is 15.4. The van der Waals surface area contributed by atoms with E-state index < -0.39 is 0 Å². The fourth-order valence-electron chi connectivity index (χ4n) is 1.71. The molecule has 16 heavy (non-hydrogen) atoms. The van der Waals surface area contributed by atoms with Crippen molar-refractivity contribution >= 4 is 29.3 Å². The van der Waals surface area contributed by atoms with Crippen molar-refractivity contribution < 1.29 is 4.79 Å². The molecule has 1 aromatic rings. The molecule has 86 valence electrons. The largest absolute Gasteiger partial charge is 0.333 e. The molecule has 1 aromatic carbocycles. The van der Waals surface area contributed by atoms with Gasteiger partial charge in [0.05, 0.1) is 5.88 Å². The maximum Gasteiger partial charge on any atom is 0.223 e. The second-order valence-electron chi connectivity index (χ2n) is 3.82. The monoisotopic (exact) mass is 255 g/mol. The van der Waals surface area contributed by atoms with Gasteiger partial charge in [0, 0.05) is 23.7 Å². The molecular weight excluding hydrogens is 242 g/mol. The Morgan fingerprint density at radius 3 is 3.06 bits per heavy atom. The summed E-state index contributed by atoms with van der Waals surface area (Å²) in [5.74, 6) is 2.18. The van der Waals surface area contributed by atoms with Crippen LogP contribution in [0.15, 0.2) is 24.3 Å². The number of thioether (sulfide) groups is 1. The van der Waals surface area contributed by atoms with Crippen LogP contribution in [-0.4, -0.2) is 29.0 Å². The third kappa shape index (κ3) is 3.16. The van der Waals surface area contributed by atoms with Crippen LogP contribution in [0.1, 0.15) is 12.0 Å². The van der Waals surface area contributed by atoms with Crippen LogP contribution >= 0.6 is 23.4 Å². The van der Waals surface area contributed by atoms with Crippen LogP contribution in [-0.2, 0) is 11.2 Å². The van der Waals surface area contributed by atoms with Crippen molar-refractivity contribution in [3.63, 3.8) is 0 Å². The molecule has 0 radical (unpaired) electrons. The lowest BCUT2D eigenvalue weighted by molar-refractivity contribution is -0.129. The Morgan fingerprint density at radius 1 is 1.50 bits per heavy atom. The van der Waals surface area contributed by atoms with Crippen LogP contribution in [0.25, 0.3) is 0 Å². The van der Waals surface area contributed by atoms with Crippen molar-refractivity contribution in [3.05, 3.63) is 34.9 Å². The number of halogens is 1. The molecule has 1 aliphatic heterocycles. The van der Waals surface area contributed by atoms with Crippen LogP contribution in [0.3, 0.4) is 0 Å². The van der Waals surface area contributed by atoms with E-state index in [1.807, 2.05) is 40.9 Å². The van der Waals surface area contributed by atoms with Crippen molar-refractivity contribution in [2.45, 2.75) is 12.8 Å². The highest BCUT2D eigenvalue weighted by Gasteiger charge is 2.17. The quantitative estimate of drug-likeness (QED) is 0.828. The molecule has 0 saturated carbocycles. The summed E-state index contributed by atoms with van der Waals surface area (Å²) in [5.41, 5.74) is 1.13. The summed E-state index contributed by atoms with van der Waals surface area (Å²) in [6, 6.07) is 7.71. The van der Waals surface area contributed by atoms with E-state index in [9.17, 15) is 4.79 Å². The predicted molar refractivity (Wildman–Crippen MR) is 68.8 cm³/mol. The van der Waals surface area contributed by atoms with E-state index in [0.29, 0.717) is 6.42 Å². The molecule has 1 heterocycles. The topological polar surface area (TPSA) is 20.3 Å². The smallest absolute Gasteiger partial charge is 0.223 e. The number of nitrogens with zero attached hydrogens (tertiary/aromatic N) is 1. The number of carbonyl (C=O) groups is 1. The van der Waals surface area contributed by atoms with Gasteiger partial charge >= 0.3 is 0 Å². The number of amides is 1. The van der Waals surface area contributed by atoms with E-state index in [2.05, 4.69) is 0 Å². The third-order valence-electron chi connectivity index (χ3n) is 2.62. The number of carbonyl (C=O) groups excluding carboxylic acids is 1. The van der Waals surface area contributed by atoms with Gasteiger partial charge in [-0.05, 0) is 24.1 Å². The van der Waals surface area contributed by atoms with Crippen molar-refractivity contribution in [2.75, 3.05) is 18.2 Å². The second-order valence-corrected chi connectivity index (χ2v) is 5.34. The van der Waals surface area contributed by atoms with E-state index in [-0.39, 0.29) is 5.91 Å². The van der Waals surface area contributed by atoms with Gasteiger partial charge in [0.2, 0.25) is 5.91 Å². The lowest BCUT2D eigenvalue weighted by atomic mass is 10.1. The SMILES string of the molecule is O=C(CCc1cccc(Cl)c1)N1CCSC1. The van der Waals surface area contributed by atoms with Gasteiger partial charge in [0.1, 0.15) is 0 Å². The Labute approximate surface area is 105 Å². The zero-order chi connectivity index (χ0) is 11.4. The molecule has 4 heteroatoms. The molecule has 0 unspecified atom stereocenters. The Kier molecular flexibility index (Phi) is 4.13. The number of hydrogen-bond acceptors (Lipinski definition) is 2. The number of hydrogen-bond donors (Lipinski definition) is 0. The van der Waals surface area contributed by atoms with E-state index >= 15 is 0 Å². The molecule has 1 amide bonds. The fraction of sp³-hybridized carbons (Fsp3) is 0.417. The lowest BCUT2D eigenvalue weighted by Crippen LogP contribution is -2.27.